The monoisotopic (exact) mass is 411 g/mol. The molecular formula is C13H19Br2NO2S. The Morgan fingerprint density at radius 2 is 2.16 bits per heavy atom. The van der Waals surface area contributed by atoms with Crippen molar-refractivity contribution in [3.05, 3.63) is 19.2 Å². The van der Waals surface area contributed by atoms with Crippen molar-refractivity contribution < 1.29 is 9.53 Å². The lowest BCUT2D eigenvalue weighted by Crippen LogP contribution is -2.25. The Bertz CT molecular complexity index is 446. The van der Waals surface area contributed by atoms with Crippen molar-refractivity contribution in [1.29, 1.82) is 0 Å². The second kappa shape index (κ2) is 7.20. The number of hydrogen-bond acceptors (Lipinski definition) is 4. The van der Waals surface area contributed by atoms with Crippen molar-refractivity contribution in [1.82, 2.24) is 0 Å². The van der Waals surface area contributed by atoms with Gasteiger partial charge in [-0.25, -0.2) is 0 Å². The van der Waals surface area contributed by atoms with Crippen LogP contribution in [0.25, 0.3) is 0 Å². The van der Waals surface area contributed by atoms with Gasteiger partial charge >= 0.3 is 5.97 Å². The minimum absolute atomic E-state index is 0.0960. The van der Waals surface area contributed by atoms with Gasteiger partial charge in [0.2, 0.25) is 0 Å². The summed E-state index contributed by atoms with van der Waals surface area (Å²) in [7, 11) is 0. The van der Waals surface area contributed by atoms with Gasteiger partial charge in [0.15, 0.2) is 0 Å². The first kappa shape index (κ1) is 17.1. The standard InChI is InChI=1S/C13H19Br2NO2S/c1-4-18-11(17)7-13(2,3)6-9(16)8-5-10(14)19-12(8)15/h5,9H,4,6-7,16H2,1-3H3. The molecule has 108 valence electrons. The van der Waals surface area contributed by atoms with E-state index in [4.69, 9.17) is 10.5 Å². The molecule has 1 aromatic heterocycles. The van der Waals surface area contributed by atoms with Gasteiger partial charge in [-0.2, -0.15) is 0 Å². The lowest BCUT2D eigenvalue weighted by Gasteiger charge is -2.27. The Kier molecular flexibility index (Phi) is 6.50. The minimum Gasteiger partial charge on any atom is -0.466 e. The van der Waals surface area contributed by atoms with Gasteiger partial charge in [-0.1, -0.05) is 13.8 Å². The van der Waals surface area contributed by atoms with Crippen LogP contribution >= 0.6 is 43.2 Å². The molecule has 0 fully saturated rings. The van der Waals surface area contributed by atoms with Gasteiger partial charge < -0.3 is 10.5 Å². The zero-order valence-corrected chi connectivity index (χ0v) is 15.3. The molecule has 0 aliphatic heterocycles. The first-order valence-corrected chi connectivity index (χ1v) is 8.51. The molecular weight excluding hydrogens is 394 g/mol. The smallest absolute Gasteiger partial charge is 0.306 e. The second-order valence-corrected chi connectivity index (χ2v) is 8.99. The highest BCUT2D eigenvalue weighted by Gasteiger charge is 2.27. The van der Waals surface area contributed by atoms with Gasteiger partial charge in [0.05, 0.1) is 20.6 Å². The Labute approximate surface area is 135 Å². The molecule has 0 aliphatic rings. The van der Waals surface area contributed by atoms with Crippen molar-refractivity contribution in [3.63, 3.8) is 0 Å². The van der Waals surface area contributed by atoms with Crippen molar-refractivity contribution in [3.8, 4) is 0 Å². The quantitative estimate of drug-likeness (QED) is 0.692. The molecule has 0 bridgehead atoms. The average molecular weight is 413 g/mol. The zero-order valence-electron chi connectivity index (χ0n) is 11.3. The number of rotatable bonds is 6. The molecule has 0 saturated carbocycles. The summed E-state index contributed by atoms with van der Waals surface area (Å²) in [6.07, 6.45) is 1.12. The molecule has 1 atom stereocenters. The normalized spacial score (nSPS) is 13.4. The summed E-state index contributed by atoms with van der Waals surface area (Å²) < 4.78 is 7.09. The van der Waals surface area contributed by atoms with E-state index in [-0.39, 0.29) is 17.4 Å². The first-order valence-electron chi connectivity index (χ1n) is 6.11. The molecule has 2 N–H and O–H groups in total. The summed E-state index contributed by atoms with van der Waals surface area (Å²) in [5.74, 6) is -0.162. The van der Waals surface area contributed by atoms with Crippen LogP contribution in [0.3, 0.4) is 0 Å². The van der Waals surface area contributed by atoms with E-state index in [1.807, 2.05) is 26.8 Å². The molecule has 0 saturated heterocycles. The summed E-state index contributed by atoms with van der Waals surface area (Å²) in [6.45, 7) is 6.32. The van der Waals surface area contributed by atoms with E-state index in [1.54, 1.807) is 11.3 Å². The molecule has 6 heteroatoms. The van der Waals surface area contributed by atoms with Crippen LogP contribution < -0.4 is 5.73 Å². The van der Waals surface area contributed by atoms with Crippen LogP contribution in [0.5, 0.6) is 0 Å². The van der Waals surface area contributed by atoms with Crippen molar-refractivity contribution in [2.24, 2.45) is 11.1 Å². The molecule has 3 nitrogen and oxygen atoms in total. The maximum absolute atomic E-state index is 11.6. The van der Waals surface area contributed by atoms with Crippen LogP contribution in [-0.2, 0) is 9.53 Å². The third kappa shape index (κ3) is 5.53. The fourth-order valence-corrected chi connectivity index (χ4v) is 4.99. The first-order chi connectivity index (χ1) is 8.75. The van der Waals surface area contributed by atoms with E-state index < -0.39 is 0 Å². The van der Waals surface area contributed by atoms with Gasteiger partial charge in [-0.05, 0) is 62.2 Å². The van der Waals surface area contributed by atoms with E-state index in [2.05, 4.69) is 31.9 Å². The number of thiophene rings is 1. The number of esters is 1. The van der Waals surface area contributed by atoms with E-state index in [0.717, 1.165) is 19.6 Å². The molecule has 0 amide bonds. The van der Waals surface area contributed by atoms with Crippen LogP contribution in [0.4, 0.5) is 0 Å². The Hall–Kier alpha value is 0.0900. The van der Waals surface area contributed by atoms with Gasteiger partial charge in [-0.15, -0.1) is 11.3 Å². The topological polar surface area (TPSA) is 52.3 Å². The highest BCUT2D eigenvalue weighted by atomic mass is 79.9. The van der Waals surface area contributed by atoms with E-state index in [0.29, 0.717) is 13.0 Å². The van der Waals surface area contributed by atoms with Gasteiger partial charge in [0, 0.05) is 6.04 Å². The molecule has 1 aromatic rings. The highest BCUT2D eigenvalue weighted by Crippen LogP contribution is 2.39. The second-order valence-electron chi connectivity index (χ2n) is 5.24. The fourth-order valence-electron chi connectivity index (χ4n) is 1.99. The molecule has 0 spiro atoms. The molecule has 19 heavy (non-hydrogen) atoms. The van der Waals surface area contributed by atoms with E-state index in [1.165, 1.54) is 0 Å². The third-order valence-corrected chi connectivity index (χ3v) is 5.17. The molecule has 0 aliphatic carbocycles. The van der Waals surface area contributed by atoms with Crippen LogP contribution in [0, 0.1) is 5.41 Å². The molecule has 1 heterocycles. The van der Waals surface area contributed by atoms with Crippen molar-refractivity contribution in [2.75, 3.05) is 6.61 Å². The van der Waals surface area contributed by atoms with Crippen LogP contribution in [0.2, 0.25) is 0 Å². The number of carbonyl (C=O) groups excluding carboxylic acids is 1. The van der Waals surface area contributed by atoms with Gasteiger partial charge in [-0.3, -0.25) is 4.79 Å². The lowest BCUT2D eigenvalue weighted by molar-refractivity contribution is -0.145. The SMILES string of the molecule is CCOC(=O)CC(C)(C)CC(N)c1cc(Br)sc1Br. The predicted octanol–water partition coefficient (Wildman–Crippen LogP) is 4.64. The van der Waals surface area contributed by atoms with Crippen molar-refractivity contribution >= 4 is 49.2 Å². The van der Waals surface area contributed by atoms with E-state index in [9.17, 15) is 4.79 Å². The number of ether oxygens (including phenoxy) is 1. The molecule has 0 aromatic carbocycles. The maximum Gasteiger partial charge on any atom is 0.306 e. The summed E-state index contributed by atoms with van der Waals surface area (Å²) in [4.78, 5) is 11.6. The van der Waals surface area contributed by atoms with Crippen LogP contribution in [0.1, 0.15) is 45.2 Å². The maximum atomic E-state index is 11.6. The number of halogens is 2. The average Bonchev–Trinajstić information content (AvgIpc) is 2.56. The summed E-state index contributed by atoms with van der Waals surface area (Å²) in [6, 6.07) is 1.93. The van der Waals surface area contributed by atoms with Crippen LogP contribution in [0.15, 0.2) is 13.6 Å². The lowest BCUT2D eigenvalue weighted by atomic mass is 9.81. The van der Waals surface area contributed by atoms with Crippen LogP contribution in [-0.4, -0.2) is 12.6 Å². The van der Waals surface area contributed by atoms with Gasteiger partial charge in [0.25, 0.3) is 0 Å². The molecule has 1 rings (SSSR count). The molecule has 0 radical (unpaired) electrons. The van der Waals surface area contributed by atoms with Gasteiger partial charge in [0.1, 0.15) is 0 Å². The minimum atomic E-state index is -0.181. The highest BCUT2D eigenvalue weighted by molar-refractivity contribution is 9.12. The summed E-state index contributed by atoms with van der Waals surface area (Å²) in [5.41, 5.74) is 7.15. The third-order valence-electron chi connectivity index (χ3n) is 2.78. The Morgan fingerprint density at radius 3 is 2.63 bits per heavy atom. The van der Waals surface area contributed by atoms with Crippen molar-refractivity contribution in [2.45, 2.75) is 39.7 Å². The summed E-state index contributed by atoms with van der Waals surface area (Å²) >= 11 is 8.58. The Balaban J connectivity index is 2.67. The number of hydrogen-bond donors (Lipinski definition) is 1. The number of nitrogens with two attached hydrogens (primary N) is 1. The number of carbonyl (C=O) groups is 1. The Morgan fingerprint density at radius 1 is 1.53 bits per heavy atom. The zero-order chi connectivity index (χ0) is 14.6. The summed E-state index contributed by atoms with van der Waals surface area (Å²) in [5, 5.41) is 0. The largest absolute Gasteiger partial charge is 0.466 e. The van der Waals surface area contributed by atoms with E-state index >= 15 is 0 Å². The fraction of sp³-hybridized carbons (Fsp3) is 0.615. The predicted molar refractivity (Wildman–Crippen MR) is 86.3 cm³/mol. The molecule has 1 unspecified atom stereocenters.